The van der Waals surface area contributed by atoms with Gasteiger partial charge in [0, 0.05) is 6.42 Å². The van der Waals surface area contributed by atoms with Crippen molar-refractivity contribution in [3.8, 4) is 0 Å². The molecule has 11 nitrogen and oxygen atoms in total. The number of carbonyl (C=O) groups excluding carboxylic acids is 2. The first kappa shape index (κ1) is 70.6. The van der Waals surface area contributed by atoms with Crippen molar-refractivity contribution in [2.45, 2.75) is 333 Å². The lowest BCUT2D eigenvalue weighted by molar-refractivity contribution is -0.305. The van der Waals surface area contributed by atoms with E-state index in [-0.39, 0.29) is 19.4 Å². The summed E-state index contributed by atoms with van der Waals surface area (Å²) >= 11 is 0. The highest BCUT2D eigenvalue weighted by Gasteiger charge is 2.47. The van der Waals surface area contributed by atoms with Crippen molar-refractivity contribution in [3.05, 3.63) is 48.6 Å². The van der Waals surface area contributed by atoms with Gasteiger partial charge < -0.3 is 45.1 Å². The van der Waals surface area contributed by atoms with Crippen LogP contribution in [0.15, 0.2) is 48.6 Å². The van der Waals surface area contributed by atoms with Gasteiger partial charge in [0.15, 0.2) is 12.4 Å². The van der Waals surface area contributed by atoms with E-state index in [9.17, 15) is 35.1 Å². The molecule has 1 aliphatic rings. The summed E-state index contributed by atoms with van der Waals surface area (Å²) in [6.45, 7) is 5.77. The molecule has 0 saturated carbocycles. The summed E-state index contributed by atoms with van der Waals surface area (Å²) in [5.41, 5.74) is 0. The topological polar surface area (TPSA) is 175 Å². The Bertz CT molecular complexity index is 1400. The molecule has 1 aliphatic heterocycles. The van der Waals surface area contributed by atoms with Crippen molar-refractivity contribution in [3.63, 3.8) is 0 Å². The Morgan fingerprint density at radius 1 is 0.520 bits per heavy atom. The number of rotatable bonds is 53. The second kappa shape index (κ2) is 52.3. The van der Waals surface area contributed by atoms with Crippen LogP contribution in [0.2, 0.25) is 0 Å². The van der Waals surface area contributed by atoms with Crippen molar-refractivity contribution in [2.75, 3.05) is 13.2 Å². The Balaban J connectivity index is 2.70. The zero-order valence-electron chi connectivity index (χ0n) is 48.4. The first-order valence-corrected chi connectivity index (χ1v) is 31.4. The maximum Gasteiger partial charge on any atom is 0.306 e. The predicted octanol–water partition coefficient (Wildman–Crippen LogP) is 14.8. The maximum absolute atomic E-state index is 13.4. The summed E-state index contributed by atoms with van der Waals surface area (Å²) < 4.78 is 17.6. The molecule has 0 bridgehead atoms. The van der Waals surface area contributed by atoms with Crippen LogP contribution in [0, 0.1) is 0 Å². The summed E-state index contributed by atoms with van der Waals surface area (Å²) in [6, 6.07) is -1.03. The van der Waals surface area contributed by atoms with Crippen LogP contribution in [0.4, 0.5) is 0 Å². The average Bonchev–Trinajstić information content (AvgIpc) is 3.41. The average molecular weight is 1060 g/mol. The molecule has 0 radical (unpaired) electrons. The third kappa shape index (κ3) is 40.5. The van der Waals surface area contributed by atoms with E-state index in [1.54, 1.807) is 6.08 Å². The SMILES string of the molecule is CCCCC/C=C\C/C=C\CCCCCCCCCC(=O)OC1C(OCC(NC(=O)C(O)CCCCCCCC/C=C/CCCCCCCC)C(O)/C=C/CCCCCCCCCCCCC)OC(CO)C(O)C1O. The van der Waals surface area contributed by atoms with E-state index in [1.807, 2.05) is 6.08 Å². The number of allylic oxidation sites excluding steroid dienone is 7. The Kier molecular flexibility index (Phi) is 49.3. The summed E-state index contributed by atoms with van der Waals surface area (Å²) in [4.78, 5) is 26.5. The zero-order chi connectivity index (χ0) is 54.7. The third-order valence-corrected chi connectivity index (χ3v) is 14.7. The molecule has 1 amide bonds. The Hall–Kier alpha value is -2.38. The number of ether oxygens (including phenoxy) is 3. The number of unbranched alkanes of at least 4 members (excludes halogenated alkanes) is 33. The largest absolute Gasteiger partial charge is 0.454 e. The van der Waals surface area contributed by atoms with E-state index in [0.29, 0.717) is 12.8 Å². The van der Waals surface area contributed by atoms with Crippen molar-refractivity contribution in [1.82, 2.24) is 5.32 Å². The molecule has 6 N–H and O–H groups in total. The molecule has 75 heavy (non-hydrogen) atoms. The molecule has 438 valence electrons. The van der Waals surface area contributed by atoms with Crippen LogP contribution < -0.4 is 5.32 Å². The van der Waals surface area contributed by atoms with Gasteiger partial charge in [0.1, 0.15) is 24.4 Å². The van der Waals surface area contributed by atoms with Crippen molar-refractivity contribution < 1.29 is 49.3 Å². The molecule has 0 spiro atoms. The Morgan fingerprint density at radius 3 is 1.40 bits per heavy atom. The van der Waals surface area contributed by atoms with Crippen LogP contribution in [0.1, 0.15) is 284 Å². The monoisotopic (exact) mass is 1060 g/mol. The van der Waals surface area contributed by atoms with Gasteiger partial charge in [-0.25, -0.2) is 0 Å². The molecule has 0 aliphatic carbocycles. The van der Waals surface area contributed by atoms with E-state index < -0.39 is 67.4 Å². The third-order valence-electron chi connectivity index (χ3n) is 14.7. The van der Waals surface area contributed by atoms with Crippen LogP contribution >= 0.6 is 0 Å². The molecule has 0 aromatic rings. The number of esters is 1. The molecule has 8 atom stereocenters. The fraction of sp³-hybridized carbons (Fsp3) is 0.844. The lowest BCUT2D eigenvalue weighted by Crippen LogP contribution is -2.61. The van der Waals surface area contributed by atoms with Gasteiger partial charge in [-0.2, -0.15) is 0 Å². The minimum Gasteiger partial charge on any atom is -0.454 e. The number of aliphatic hydroxyl groups excluding tert-OH is 5. The van der Waals surface area contributed by atoms with Gasteiger partial charge >= 0.3 is 5.97 Å². The minimum atomic E-state index is -1.62. The first-order valence-electron chi connectivity index (χ1n) is 31.4. The number of hydrogen-bond acceptors (Lipinski definition) is 10. The van der Waals surface area contributed by atoms with Gasteiger partial charge in [0.2, 0.25) is 5.91 Å². The van der Waals surface area contributed by atoms with E-state index in [0.717, 1.165) is 89.9 Å². The van der Waals surface area contributed by atoms with Crippen molar-refractivity contribution in [1.29, 1.82) is 0 Å². The number of aliphatic hydroxyl groups is 5. The summed E-state index contributed by atoms with van der Waals surface area (Å²) in [5, 5.41) is 57.0. The van der Waals surface area contributed by atoms with E-state index in [2.05, 4.69) is 62.5 Å². The van der Waals surface area contributed by atoms with Crippen LogP contribution in [-0.4, -0.2) is 99.6 Å². The van der Waals surface area contributed by atoms with Crippen LogP contribution in [-0.2, 0) is 23.8 Å². The molecular formula is C64H117NO10. The standard InChI is InChI=1S/C64H117NO10/c1-4-7-10-13-16-19-22-25-27-29-31-34-37-40-43-46-49-52-59(69)75-62-61(71)60(70)58(53-66)74-64(62)73-54-55(56(67)50-47-44-41-38-35-32-24-21-18-15-12-9-6-3)65-63(72)57(68)51-48-45-42-39-36-33-30-28-26-23-20-17-14-11-8-5-2/h16,19,25-28,47,50,55-58,60-62,64,66-68,70-71H,4-15,17-18,20-24,29-46,48-49,51-54H2,1-3H3,(H,65,72)/b19-16-,27-25-,28-26+,50-47+. The molecule has 8 unspecified atom stereocenters. The molecule has 1 fully saturated rings. The Morgan fingerprint density at radius 2 is 0.920 bits per heavy atom. The molecular weight excluding hydrogens is 943 g/mol. The fourth-order valence-electron chi connectivity index (χ4n) is 9.68. The molecule has 1 saturated heterocycles. The minimum absolute atomic E-state index is 0.115. The summed E-state index contributed by atoms with van der Waals surface area (Å²) in [7, 11) is 0. The van der Waals surface area contributed by atoms with Crippen LogP contribution in [0.3, 0.4) is 0 Å². The van der Waals surface area contributed by atoms with Gasteiger partial charge in [-0.05, 0) is 83.5 Å². The highest BCUT2D eigenvalue weighted by Crippen LogP contribution is 2.26. The smallest absolute Gasteiger partial charge is 0.306 e. The quantitative estimate of drug-likeness (QED) is 0.0195. The second-order valence-corrected chi connectivity index (χ2v) is 21.8. The molecule has 0 aromatic carbocycles. The van der Waals surface area contributed by atoms with Gasteiger partial charge in [0.25, 0.3) is 0 Å². The van der Waals surface area contributed by atoms with Crippen LogP contribution in [0.5, 0.6) is 0 Å². The summed E-state index contributed by atoms with van der Waals surface area (Å²) in [5.74, 6) is -1.20. The van der Waals surface area contributed by atoms with Gasteiger partial charge in [-0.15, -0.1) is 0 Å². The first-order chi connectivity index (χ1) is 36.7. The number of nitrogens with one attached hydrogen (secondary N) is 1. The summed E-state index contributed by atoms with van der Waals surface area (Å²) in [6.07, 6.45) is 52.8. The predicted molar refractivity (Wildman–Crippen MR) is 310 cm³/mol. The highest BCUT2D eigenvalue weighted by molar-refractivity contribution is 5.80. The fourth-order valence-corrected chi connectivity index (χ4v) is 9.68. The number of hydrogen-bond donors (Lipinski definition) is 6. The molecule has 11 heteroatoms. The number of amides is 1. The van der Waals surface area contributed by atoms with Crippen molar-refractivity contribution >= 4 is 11.9 Å². The molecule has 1 rings (SSSR count). The number of carbonyl (C=O) groups is 2. The maximum atomic E-state index is 13.4. The second-order valence-electron chi connectivity index (χ2n) is 21.8. The van der Waals surface area contributed by atoms with Gasteiger partial charge in [0.05, 0.1) is 25.4 Å². The lowest BCUT2D eigenvalue weighted by Gasteiger charge is -2.41. The normalized spacial score (nSPS) is 19.5. The highest BCUT2D eigenvalue weighted by atomic mass is 16.7. The van der Waals surface area contributed by atoms with Gasteiger partial charge in [-0.3, -0.25) is 9.59 Å². The molecule has 1 heterocycles. The van der Waals surface area contributed by atoms with E-state index in [4.69, 9.17) is 14.2 Å². The zero-order valence-corrected chi connectivity index (χ0v) is 48.4. The molecule has 0 aromatic heterocycles. The van der Waals surface area contributed by atoms with Gasteiger partial charge in [-0.1, -0.05) is 243 Å². The van der Waals surface area contributed by atoms with Crippen molar-refractivity contribution in [2.24, 2.45) is 0 Å². The van der Waals surface area contributed by atoms with E-state index in [1.165, 1.54) is 148 Å². The van der Waals surface area contributed by atoms with E-state index >= 15 is 0 Å². The Labute approximate surface area is 459 Å². The lowest BCUT2D eigenvalue weighted by atomic mass is 9.99. The van der Waals surface area contributed by atoms with Crippen LogP contribution in [0.25, 0.3) is 0 Å².